The Bertz CT molecular complexity index is 1060. The van der Waals surface area contributed by atoms with Gasteiger partial charge in [0.05, 0.1) is 28.6 Å². The number of cyclic esters (lactones) is 1. The first-order valence-electron chi connectivity index (χ1n) is 9.62. The molecule has 1 heterocycles. The van der Waals surface area contributed by atoms with Gasteiger partial charge in [-0.3, -0.25) is 9.69 Å². The standard InChI is InChI=1S/C21H22N2O5S/c24-20(22-18-6-1-2-7-19(18)23-11-12-28-21(23)25)10-13-29(26,27)17-9-8-15-4-3-5-16(15)14-17/h1-2,6-9,14H,3-5,10-13H2,(H,22,24). The molecule has 2 aromatic carbocycles. The molecule has 1 aliphatic heterocycles. The Labute approximate surface area is 169 Å². The molecule has 4 rings (SSSR count). The van der Waals surface area contributed by atoms with Crippen LogP contribution in [0.1, 0.15) is 24.0 Å². The van der Waals surface area contributed by atoms with Crippen LogP contribution in [0.5, 0.6) is 0 Å². The third kappa shape index (κ3) is 4.12. The number of aryl methyl sites for hydroxylation is 2. The number of rotatable bonds is 6. The molecule has 1 fully saturated rings. The molecule has 7 nitrogen and oxygen atoms in total. The van der Waals surface area contributed by atoms with Crippen LogP contribution in [-0.4, -0.2) is 39.3 Å². The molecule has 0 radical (unpaired) electrons. The van der Waals surface area contributed by atoms with Crippen LogP contribution in [-0.2, 0) is 32.2 Å². The predicted molar refractivity (Wildman–Crippen MR) is 109 cm³/mol. The second-order valence-electron chi connectivity index (χ2n) is 7.18. The summed E-state index contributed by atoms with van der Waals surface area (Å²) in [6, 6.07) is 12.1. The van der Waals surface area contributed by atoms with Crippen molar-refractivity contribution in [2.75, 3.05) is 29.1 Å². The van der Waals surface area contributed by atoms with Crippen molar-refractivity contribution < 1.29 is 22.7 Å². The number of fused-ring (bicyclic) bond motifs is 1. The SMILES string of the molecule is O=C(CCS(=O)(=O)c1ccc2c(c1)CCC2)Nc1ccccc1N1CCOC1=O. The number of anilines is 2. The zero-order chi connectivity index (χ0) is 20.4. The topological polar surface area (TPSA) is 92.8 Å². The minimum Gasteiger partial charge on any atom is -0.447 e. The summed E-state index contributed by atoms with van der Waals surface area (Å²) in [6.45, 7) is 0.693. The van der Waals surface area contributed by atoms with Gasteiger partial charge in [0.1, 0.15) is 6.61 Å². The highest BCUT2D eigenvalue weighted by atomic mass is 32.2. The summed E-state index contributed by atoms with van der Waals surface area (Å²) in [5.41, 5.74) is 3.27. The highest BCUT2D eigenvalue weighted by Crippen LogP contribution is 2.28. The smallest absolute Gasteiger partial charge is 0.414 e. The van der Waals surface area contributed by atoms with Crippen LogP contribution in [0.2, 0.25) is 0 Å². The van der Waals surface area contributed by atoms with Gasteiger partial charge in [0, 0.05) is 6.42 Å². The van der Waals surface area contributed by atoms with Crippen LogP contribution in [0.4, 0.5) is 16.2 Å². The molecule has 1 N–H and O–H groups in total. The van der Waals surface area contributed by atoms with E-state index in [4.69, 9.17) is 4.74 Å². The van der Waals surface area contributed by atoms with Gasteiger partial charge in [0.2, 0.25) is 5.91 Å². The van der Waals surface area contributed by atoms with E-state index in [1.807, 2.05) is 6.07 Å². The molecule has 0 atom stereocenters. The Morgan fingerprint density at radius 3 is 2.69 bits per heavy atom. The number of ether oxygens (including phenoxy) is 1. The van der Waals surface area contributed by atoms with Gasteiger partial charge in [-0.05, 0) is 54.7 Å². The Morgan fingerprint density at radius 1 is 1.10 bits per heavy atom. The summed E-state index contributed by atoms with van der Waals surface area (Å²) >= 11 is 0. The van der Waals surface area contributed by atoms with Gasteiger partial charge in [-0.25, -0.2) is 13.2 Å². The molecule has 2 aliphatic rings. The van der Waals surface area contributed by atoms with E-state index in [0.717, 1.165) is 24.8 Å². The van der Waals surface area contributed by atoms with Crippen molar-refractivity contribution in [2.45, 2.75) is 30.6 Å². The average molecular weight is 414 g/mol. The largest absolute Gasteiger partial charge is 0.447 e. The first-order chi connectivity index (χ1) is 13.9. The Hall–Kier alpha value is -2.87. The molecule has 0 saturated carbocycles. The van der Waals surface area contributed by atoms with Crippen LogP contribution < -0.4 is 10.2 Å². The quantitative estimate of drug-likeness (QED) is 0.785. The number of hydrogen-bond donors (Lipinski definition) is 1. The number of benzene rings is 2. The van der Waals surface area contributed by atoms with E-state index in [2.05, 4.69) is 5.32 Å². The molecule has 1 saturated heterocycles. The van der Waals surface area contributed by atoms with Crippen molar-refractivity contribution in [1.82, 2.24) is 0 Å². The Morgan fingerprint density at radius 2 is 1.90 bits per heavy atom. The van der Waals surface area contributed by atoms with E-state index in [1.165, 1.54) is 10.5 Å². The molecule has 2 amide bonds. The highest BCUT2D eigenvalue weighted by molar-refractivity contribution is 7.91. The molecule has 0 bridgehead atoms. The monoisotopic (exact) mass is 414 g/mol. The fourth-order valence-electron chi connectivity index (χ4n) is 3.73. The van der Waals surface area contributed by atoms with Gasteiger partial charge in [0.25, 0.3) is 0 Å². The lowest BCUT2D eigenvalue weighted by Crippen LogP contribution is -2.25. The minimum atomic E-state index is -3.55. The van der Waals surface area contributed by atoms with E-state index in [1.54, 1.807) is 36.4 Å². The van der Waals surface area contributed by atoms with E-state index in [0.29, 0.717) is 24.5 Å². The Balaban J connectivity index is 1.42. The van der Waals surface area contributed by atoms with Gasteiger partial charge in [-0.1, -0.05) is 18.2 Å². The van der Waals surface area contributed by atoms with Crippen LogP contribution in [0.3, 0.4) is 0 Å². The summed E-state index contributed by atoms with van der Waals surface area (Å²) in [7, 11) is -3.55. The zero-order valence-electron chi connectivity index (χ0n) is 15.9. The third-order valence-electron chi connectivity index (χ3n) is 5.26. The van der Waals surface area contributed by atoms with Crippen LogP contribution in [0, 0.1) is 0 Å². The van der Waals surface area contributed by atoms with Gasteiger partial charge < -0.3 is 10.1 Å². The van der Waals surface area contributed by atoms with Crippen LogP contribution >= 0.6 is 0 Å². The number of carbonyl (C=O) groups excluding carboxylic acids is 2. The molecular weight excluding hydrogens is 392 g/mol. The van der Waals surface area contributed by atoms with Crippen molar-refractivity contribution in [3.8, 4) is 0 Å². The summed E-state index contributed by atoms with van der Waals surface area (Å²) in [6.07, 6.45) is 2.30. The van der Waals surface area contributed by atoms with Crippen molar-refractivity contribution in [3.05, 3.63) is 53.6 Å². The summed E-state index contributed by atoms with van der Waals surface area (Å²) in [4.78, 5) is 25.9. The number of sulfone groups is 1. The summed E-state index contributed by atoms with van der Waals surface area (Å²) in [5.74, 6) is -0.694. The van der Waals surface area contributed by atoms with Crippen LogP contribution in [0.15, 0.2) is 47.4 Å². The number of nitrogens with zero attached hydrogens (tertiary/aromatic N) is 1. The maximum Gasteiger partial charge on any atom is 0.414 e. The molecule has 2 aromatic rings. The Kier molecular flexibility index (Phi) is 5.27. The van der Waals surface area contributed by atoms with Gasteiger partial charge in [-0.2, -0.15) is 0 Å². The maximum atomic E-state index is 12.7. The van der Waals surface area contributed by atoms with Gasteiger partial charge in [0.15, 0.2) is 9.84 Å². The first kappa shape index (κ1) is 19.4. The minimum absolute atomic E-state index is 0.168. The fourth-order valence-corrected chi connectivity index (χ4v) is 5.01. The lowest BCUT2D eigenvalue weighted by molar-refractivity contribution is -0.115. The third-order valence-corrected chi connectivity index (χ3v) is 6.97. The average Bonchev–Trinajstić information content (AvgIpc) is 3.35. The molecule has 8 heteroatoms. The lowest BCUT2D eigenvalue weighted by Gasteiger charge is -2.17. The molecule has 0 unspecified atom stereocenters. The van der Waals surface area contributed by atoms with Crippen molar-refractivity contribution in [2.24, 2.45) is 0 Å². The summed E-state index contributed by atoms with van der Waals surface area (Å²) < 4.78 is 30.3. The molecule has 0 aromatic heterocycles. The van der Waals surface area contributed by atoms with E-state index < -0.39 is 21.8 Å². The molecule has 0 spiro atoms. The maximum absolute atomic E-state index is 12.7. The first-order valence-corrected chi connectivity index (χ1v) is 11.3. The fraction of sp³-hybridized carbons (Fsp3) is 0.333. The second kappa shape index (κ2) is 7.87. The van der Waals surface area contributed by atoms with E-state index in [-0.39, 0.29) is 17.1 Å². The van der Waals surface area contributed by atoms with Crippen molar-refractivity contribution >= 4 is 33.2 Å². The molecular formula is C21H22N2O5S. The molecule has 152 valence electrons. The number of amides is 2. The van der Waals surface area contributed by atoms with E-state index >= 15 is 0 Å². The molecule has 1 aliphatic carbocycles. The van der Waals surface area contributed by atoms with Crippen LogP contribution in [0.25, 0.3) is 0 Å². The number of nitrogens with one attached hydrogen (secondary N) is 1. The van der Waals surface area contributed by atoms with Gasteiger partial charge >= 0.3 is 6.09 Å². The normalized spacial score (nSPS) is 15.9. The predicted octanol–water partition coefficient (Wildman–Crippen LogP) is 2.93. The number of hydrogen-bond acceptors (Lipinski definition) is 5. The number of carbonyl (C=O) groups is 2. The van der Waals surface area contributed by atoms with Gasteiger partial charge in [-0.15, -0.1) is 0 Å². The van der Waals surface area contributed by atoms with Crippen molar-refractivity contribution in [3.63, 3.8) is 0 Å². The van der Waals surface area contributed by atoms with E-state index in [9.17, 15) is 18.0 Å². The van der Waals surface area contributed by atoms with Crippen molar-refractivity contribution in [1.29, 1.82) is 0 Å². The second-order valence-corrected chi connectivity index (χ2v) is 9.29. The highest BCUT2D eigenvalue weighted by Gasteiger charge is 2.26. The number of para-hydroxylation sites is 2. The lowest BCUT2D eigenvalue weighted by atomic mass is 10.1. The zero-order valence-corrected chi connectivity index (χ0v) is 16.7. The summed E-state index contributed by atoms with van der Waals surface area (Å²) in [5, 5.41) is 2.72. The molecule has 29 heavy (non-hydrogen) atoms.